The summed E-state index contributed by atoms with van der Waals surface area (Å²) >= 11 is 0. The normalized spacial score (nSPS) is 20.5. The summed E-state index contributed by atoms with van der Waals surface area (Å²) in [6, 6.07) is 18.1. The second-order valence-electron chi connectivity index (χ2n) is 9.61. The summed E-state index contributed by atoms with van der Waals surface area (Å²) in [5.74, 6) is -5.37. The molecule has 0 amide bonds. The maximum Gasteiger partial charge on any atom is 0.318 e. The Kier molecular flexibility index (Phi) is 9.38. The van der Waals surface area contributed by atoms with Gasteiger partial charge in [-0.2, -0.15) is 0 Å². The molecule has 0 aromatic heterocycles. The highest BCUT2D eigenvalue weighted by atomic mass is 16.6. The van der Waals surface area contributed by atoms with E-state index in [1.807, 2.05) is 30.3 Å². The minimum atomic E-state index is -1.47. The number of ether oxygens (including phenoxy) is 2. The van der Waals surface area contributed by atoms with Crippen LogP contribution >= 0.6 is 0 Å². The van der Waals surface area contributed by atoms with Crippen LogP contribution in [0, 0.1) is 32.1 Å². The van der Waals surface area contributed by atoms with Gasteiger partial charge in [0, 0.05) is 30.8 Å². The fraction of sp³-hybridized carbons (Fsp3) is 0.300. The highest BCUT2D eigenvalue weighted by Crippen LogP contribution is 2.48. The largest absolute Gasteiger partial charge is 0.465 e. The molecule has 3 aromatic rings. The number of esters is 2. The number of non-ortho nitro benzene ring substituents is 2. The molecule has 0 radical (unpaired) electrons. The Morgan fingerprint density at radius 3 is 1.48 bits per heavy atom. The quantitative estimate of drug-likeness (QED) is 0.143. The number of piperidine rings is 1. The molecule has 4 rings (SSSR count). The van der Waals surface area contributed by atoms with Crippen LogP contribution in [0.2, 0.25) is 0 Å². The molecule has 1 saturated heterocycles. The lowest BCUT2D eigenvalue weighted by atomic mass is 9.72. The van der Waals surface area contributed by atoms with Crippen molar-refractivity contribution in [2.24, 2.45) is 11.8 Å². The molecule has 218 valence electrons. The van der Waals surface area contributed by atoms with Crippen molar-refractivity contribution in [2.75, 3.05) is 13.2 Å². The Morgan fingerprint density at radius 1 is 0.714 bits per heavy atom. The van der Waals surface area contributed by atoms with Crippen LogP contribution in [0.25, 0.3) is 0 Å². The number of nitro groups is 2. The maximum atomic E-state index is 14.2. The van der Waals surface area contributed by atoms with E-state index in [4.69, 9.17) is 9.47 Å². The fourth-order valence-electron chi connectivity index (χ4n) is 5.36. The summed E-state index contributed by atoms with van der Waals surface area (Å²) in [5.41, 5.74) is 1.25. The average Bonchev–Trinajstić information content (AvgIpc) is 2.98. The SMILES string of the molecule is CCOC(=O)C1C(=O)C(C(=O)OCC)[C@H](c2ccc([N+](=O)[O-])cc2)N(Cc2ccccc2)[C@H]1c1ccc([N+](=O)[O-])cc1. The lowest BCUT2D eigenvalue weighted by molar-refractivity contribution is -0.385. The van der Waals surface area contributed by atoms with E-state index in [1.165, 1.54) is 48.5 Å². The highest BCUT2D eigenvalue weighted by Gasteiger charge is 2.56. The van der Waals surface area contributed by atoms with Gasteiger partial charge in [-0.1, -0.05) is 54.6 Å². The number of rotatable bonds is 10. The first-order chi connectivity index (χ1) is 20.2. The zero-order valence-corrected chi connectivity index (χ0v) is 23.0. The van der Waals surface area contributed by atoms with Crippen LogP contribution in [0.4, 0.5) is 11.4 Å². The zero-order valence-electron chi connectivity index (χ0n) is 23.0. The average molecular weight is 576 g/mol. The van der Waals surface area contributed by atoms with Crippen molar-refractivity contribution in [3.63, 3.8) is 0 Å². The molecule has 2 unspecified atom stereocenters. The third-order valence-corrected chi connectivity index (χ3v) is 7.14. The number of nitrogens with zero attached hydrogens (tertiary/aromatic N) is 3. The van der Waals surface area contributed by atoms with Crippen molar-refractivity contribution in [1.82, 2.24) is 4.90 Å². The fourth-order valence-corrected chi connectivity index (χ4v) is 5.36. The minimum Gasteiger partial charge on any atom is -0.465 e. The van der Waals surface area contributed by atoms with E-state index in [2.05, 4.69) is 0 Å². The number of Topliss-reactive ketones (excluding diaryl/α,β-unsaturated/α-hetero) is 1. The molecule has 0 saturated carbocycles. The molecule has 0 spiro atoms. The van der Waals surface area contributed by atoms with E-state index in [-0.39, 0.29) is 31.1 Å². The second-order valence-corrected chi connectivity index (χ2v) is 9.61. The number of carbonyl (C=O) groups excluding carboxylic acids is 3. The topological polar surface area (TPSA) is 159 Å². The number of ketones is 1. The first-order valence-corrected chi connectivity index (χ1v) is 13.3. The van der Waals surface area contributed by atoms with Crippen LogP contribution in [0.1, 0.15) is 42.6 Å². The molecule has 42 heavy (non-hydrogen) atoms. The molecule has 0 N–H and O–H groups in total. The van der Waals surface area contributed by atoms with Gasteiger partial charge < -0.3 is 9.47 Å². The molecular formula is C30H29N3O9. The molecule has 3 aromatic carbocycles. The predicted molar refractivity (Wildman–Crippen MR) is 149 cm³/mol. The van der Waals surface area contributed by atoms with E-state index in [0.29, 0.717) is 11.1 Å². The Morgan fingerprint density at radius 2 is 1.12 bits per heavy atom. The number of benzene rings is 3. The lowest BCUT2D eigenvalue weighted by Crippen LogP contribution is -2.55. The van der Waals surface area contributed by atoms with E-state index in [0.717, 1.165) is 5.56 Å². The summed E-state index contributed by atoms with van der Waals surface area (Å²) in [4.78, 5) is 64.5. The molecular weight excluding hydrogens is 546 g/mol. The van der Waals surface area contributed by atoms with Gasteiger partial charge in [0.2, 0.25) is 0 Å². The second kappa shape index (κ2) is 13.1. The van der Waals surface area contributed by atoms with E-state index in [9.17, 15) is 34.6 Å². The molecule has 1 aliphatic heterocycles. The Labute approximate surface area is 241 Å². The Balaban J connectivity index is 1.98. The molecule has 4 atom stereocenters. The van der Waals surface area contributed by atoms with Gasteiger partial charge in [0.1, 0.15) is 11.8 Å². The van der Waals surface area contributed by atoms with Crippen LogP contribution in [0.3, 0.4) is 0 Å². The van der Waals surface area contributed by atoms with E-state index >= 15 is 0 Å². The van der Waals surface area contributed by atoms with Gasteiger partial charge >= 0.3 is 11.9 Å². The van der Waals surface area contributed by atoms with Crippen LogP contribution < -0.4 is 0 Å². The summed E-state index contributed by atoms with van der Waals surface area (Å²) in [7, 11) is 0. The van der Waals surface area contributed by atoms with Crippen molar-refractivity contribution >= 4 is 29.1 Å². The van der Waals surface area contributed by atoms with Crippen molar-refractivity contribution in [3.05, 3.63) is 116 Å². The number of hydrogen-bond acceptors (Lipinski definition) is 10. The number of nitro benzene ring substituents is 2. The number of carbonyl (C=O) groups is 3. The first kappa shape index (κ1) is 30.0. The Hall–Kier alpha value is -4.97. The highest BCUT2D eigenvalue weighted by molar-refractivity contribution is 6.10. The summed E-state index contributed by atoms with van der Waals surface area (Å²) in [6.45, 7) is 3.28. The van der Waals surface area contributed by atoms with Crippen molar-refractivity contribution < 1.29 is 33.7 Å². The van der Waals surface area contributed by atoms with Crippen molar-refractivity contribution in [2.45, 2.75) is 32.5 Å². The van der Waals surface area contributed by atoms with Crippen LogP contribution in [-0.4, -0.2) is 45.7 Å². The molecule has 0 aliphatic carbocycles. The maximum absolute atomic E-state index is 14.2. The summed E-state index contributed by atoms with van der Waals surface area (Å²) in [5, 5.41) is 22.7. The third-order valence-electron chi connectivity index (χ3n) is 7.14. The van der Waals surface area contributed by atoms with Crippen molar-refractivity contribution in [3.8, 4) is 0 Å². The van der Waals surface area contributed by atoms with Gasteiger partial charge in [0.25, 0.3) is 11.4 Å². The van der Waals surface area contributed by atoms with Gasteiger partial charge in [-0.25, -0.2) is 0 Å². The van der Waals surface area contributed by atoms with Crippen LogP contribution in [0.5, 0.6) is 0 Å². The molecule has 1 heterocycles. The van der Waals surface area contributed by atoms with Crippen LogP contribution in [0.15, 0.2) is 78.9 Å². The van der Waals surface area contributed by atoms with Crippen LogP contribution in [-0.2, 0) is 30.4 Å². The molecule has 12 heteroatoms. The number of likely N-dealkylation sites (tertiary alicyclic amines) is 1. The van der Waals surface area contributed by atoms with Gasteiger partial charge in [-0.3, -0.25) is 39.5 Å². The number of hydrogen-bond donors (Lipinski definition) is 0. The summed E-state index contributed by atoms with van der Waals surface area (Å²) < 4.78 is 10.6. The van der Waals surface area contributed by atoms with E-state index in [1.54, 1.807) is 18.7 Å². The smallest absolute Gasteiger partial charge is 0.318 e. The molecule has 1 fully saturated rings. The minimum absolute atomic E-state index is 0.0237. The summed E-state index contributed by atoms with van der Waals surface area (Å²) in [6.07, 6.45) is 0. The zero-order chi connectivity index (χ0) is 30.4. The van der Waals surface area contributed by atoms with Gasteiger partial charge in [-0.15, -0.1) is 0 Å². The lowest BCUT2D eigenvalue weighted by Gasteiger charge is -2.48. The monoisotopic (exact) mass is 575 g/mol. The van der Waals surface area contributed by atoms with Crippen molar-refractivity contribution in [1.29, 1.82) is 0 Å². The van der Waals surface area contributed by atoms with Gasteiger partial charge in [0.15, 0.2) is 5.78 Å². The molecule has 12 nitrogen and oxygen atoms in total. The first-order valence-electron chi connectivity index (χ1n) is 13.3. The predicted octanol–water partition coefficient (Wildman–Crippen LogP) is 4.73. The van der Waals surface area contributed by atoms with E-state index < -0.39 is 51.5 Å². The third kappa shape index (κ3) is 6.18. The molecule has 0 bridgehead atoms. The standard InChI is InChI=1S/C30H29N3O9/c1-3-41-29(35)24-26(20-10-14-22(15-11-20)32(37)38)31(18-19-8-6-5-7-9-19)27(25(28(24)34)30(36)42-4-2)21-12-16-23(17-13-21)33(39)40/h5-17,24-27H,3-4,18H2,1-2H3/t24?,25?,26-,27-/m0/s1. The van der Waals surface area contributed by atoms with Gasteiger partial charge in [-0.05, 0) is 30.5 Å². The van der Waals surface area contributed by atoms with Gasteiger partial charge in [0.05, 0.1) is 35.1 Å². The molecule has 1 aliphatic rings. The Bertz CT molecular complexity index is 1370.